The number of benzene rings is 2. The zero-order valence-electron chi connectivity index (χ0n) is 10.2. The lowest BCUT2D eigenvalue weighted by atomic mass is 10.1. The molecule has 0 fully saturated rings. The number of carbonyl (C=O) groups excluding carboxylic acids is 1. The molecule has 2 aromatic rings. The monoisotopic (exact) mass is 334 g/mol. The summed E-state index contributed by atoms with van der Waals surface area (Å²) < 4.78 is 39.5. The Morgan fingerprint density at radius 2 is 1.76 bits per heavy atom. The van der Waals surface area contributed by atoms with Gasteiger partial charge in [0, 0.05) is 17.7 Å². The van der Waals surface area contributed by atoms with Gasteiger partial charge < -0.3 is 11.1 Å². The molecule has 0 saturated carbocycles. The number of nitrogens with two attached hydrogens (primary N) is 1. The average Bonchev–Trinajstić information content (AvgIpc) is 2.40. The molecule has 0 aliphatic rings. The largest absolute Gasteiger partial charge is 0.397 e. The number of amides is 1. The first-order valence-electron chi connectivity index (χ1n) is 5.50. The van der Waals surface area contributed by atoms with Crippen molar-refractivity contribution in [2.45, 2.75) is 0 Å². The first-order chi connectivity index (χ1) is 9.79. The lowest BCUT2D eigenvalue weighted by Gasteiger charge is -2.09. The molecule has 2 rings (SSSR count). The van der Waals surface area contributed by atoms with Gasteiger partial charge in [-0.2, -0.15) is 0 Å². The topological polar surface area (TPSA) is 55.1 Å². The highest BCUT2D eigenvalue weighted by atomic mass is 35.5. The van der Waals surface area contributed by atoms with Crippen molar-refractivity contribution >= 4 is 40.5 Å². The van der Waals surface area contributed by atoms with Crippen LogP contribution in [0.3, 0.4) is 0 Å². The highest BCUT2D eigenvalue weighted by molar-refractivity contribution is 6.44. The van der Waals surface area contributed by atoms with E-state index in [1.54, 1.807) is 0 Å². The molecule has 3 N–H and O–H groups in total. The van der Waals surface area contributed by atoms with E-state index >= 15 is 0 Å². The van der Waals surface area contributed by atoms with Gasteiger partial charge in [0.1, 0.15) is 5.82 Å². The Balaban J connectivity index is 2.35. The third-order valence-corrected chi connectivity index (χ3v) is 3.38. The van der Waals surface area contributed by atoms with Gasteiger partial charge in [-0.3, -0.25) is 4.79 Å². The number of anilines is 2. The zero-order valence-corrected chi connectivity index (χ0v) is 11.7. The van der Waals surface area contributed by atoms with Crippen molar-refractivity contribution in [1.29, 1.82) is 0 Å². The molecule has 2 aromatic carbocycles. The van der Waals surface area contributed by atoms with Crippen molar-refractivity contribution in [2.24, 2.45) is 0 Å². The van der Waals surface area contributed by atoms with Gasteiger partial charge in [0.05, 0.1) is 21.4 Å². The molecule has 110 valence electrons. The quantitative estimate of drug-likeness (QED) is 0.637. The van der Waals surface area contributed by atoms with E-state index in [2.05, 4.69) is 0 Å². The summed E-state index contributed by atoms with van der Waals surface area (Å²) in [5, 5.41) is 2.12. The maximum atomic E-state index is 13.5. The van der Waals surface area contributed by atoms with Crippen molar-refractivity contribution in [3.63, 3.8) is 0 Å². The van der Waals surface area contributed by atoms with Gasteiger partial charge in [0.2, 0.25) is 0 Å². The van der Waals surface area contributed by atoms with Gasteiger partial charge >= 0.3 is 0 Å². The van der Waals surface area contributed by atoms with E-state index in [0.717, 1.165) is 0 Å². The van der Waals surface area contributed by atoms with Crippen LogP contribution in [0.1, 0.15) is 10.4 Å². The van der Waals surface area contributed by atoms with Crippen LogP contribution in [0, 0.1) is 17.5 Å². The fourth-order valence-electron chi connectivity index (χ4n) is 1.58. The van der Waals surface area contributed by atoms with Gasteiger partial charge in [-0.1, -0.05) is 23.2 Å². The van der Waals surface area contributed by atoms with Crippen LogP contribution < -0.4 is 11.1 Å². The van der Waals surface area contributed by atoms with Crippen molar-refractivity contribution in [2.75, 3.05) is 11.1 Å². The first-order valence-corrected chi connectivity index (χ1v) is 6.25. The SMILES string of the molecule is Nc1cc(C(=O)Nc2cc(F)cc(F)c2F)cc(Cl)c1Cl. The molecular weight excluding hydrogens is 328 g/mol. The molecule has 0 bridgehead atoms. The lowest BCUT2D eigenvalue weighted by Crippen LogP contribution is -2.14. The minimum absolute atomic E-state index is 0.0210. The van der Waals surface area contributed by atoms with E-state index in [9.17, 15) is 18.0 Å². The standard InChI is InChI=1S/C13H7Cl2F3N2O/c14-7-1-5(2-9(19)11(7)15)13(21)20-10-4-6(16)3-8(17)12(10)18/h1-4H,19H2,(H,20,21). The molecule has 0 atom stereocenters. The van der Waals surface area contributed by atoms with E-state index in [-0.39, 0.29) is 21.3 Å². The summed E-state index contributed by atoms with van der Waals surface area (Å²) in [6.07, 6.45) is 0. The smallest absolute Gasteiger partial charge is 0.255 e. The van der Waals surface area contributed by atoms with E-state index in [1.807, 2.05) is 5.32 Å². The fourth-order valence-corrected chi connectivity index (χ4v) is 1.92. The summed E-state index contributed by atoms with van der Waals surface area (Å²) in [5.41, 5.74) is 4.91. The summed E-state index contributed by atoms with van der Waals surface area (Å²) in [4.78, 5) is 11.9. The maximum Gasteiger partial charge on any atom is 0.255 e. The highest BCUT2D eigenvalue weighted by Gasteiger charge is 2.16. The molecule has 0 unspecified atom stereocenters. The molecule has 0 radical (unpaired) electrons. The van der Waals surface area contributed by atoms with Gasteiger partial charge in [-0.05, 0) is 12.1 Å². The molecule has 3 nitrogen and oxygen atoms in total. The molecule has 0 aliphatic heterocycles. The fraction of sp³-hybridized carbons (Fsp3) is 0. The van der Waals surface area contributed by atoms with E-state index in [1.165, 1.54) is 12.1 Å². The van der Waals surface area contributed by atoms with Crippen LogP contribution in [-0.4, -0.2) is 5.91 Å². The van der Waals surface area contributed by atoms with Crippen molar-refractivity contribution in [3.05, 3.63) is 57.3 Å². The second-order valence-corrected chi connectivity index (χ2v) is 4.85. The van der Waals surface area contributed by atoms with E-state index in [4.69, 9.17) is 28.9 Å². The van der Waals surface area contributed by atoms with Crippen molar-refractivity contribution < 1.29 is 18.0 Å². The van der Waals surface area contributed by atoms with Gasteiger partial charge in [-0.25, -0.2) is 13.2 Å². The van der Waals surface area contributed by atoms with Crippen molar-refractivity contribution in [1.82, 2.24) is 0 Å². The third-order valence-electron chi connectivity index (χ3n) is 2.56. The molecule has 8 heteroatoms. The summed E-state index contributed by atoms with van der Waals surface area (Å²) >= 11 is 11.5. The number of hydrogen-bond acceptors (Lipinski definition) is 2. The van der Waals surface area contributed by atoms with E-state index < -0.39 is 29.0 Å². The Morgan fingerprint density at radius 1 is 1.10 bits per heavy atom. The van der Waals surface area contributed by atoms with Gasteiger partial charge in [0.25, 0.3) is 5.91 Å². The Bertz CT molecular complexity index is 715. The first kappa shape index (κ1) is 15.5. The second-order valence-electron chi connectivity index (χ2n) is 4.06. The molecule has 0 aliphatic carbocycles. The van der Waals surface area contributed by atoms with Crippen LogP contribution in [0.25, 0.3) is 0 Å². The highest BCUT2D eigenvalue weighted by Crippen LogP contribution is 2.30. The Kier molecular flexibility index (Phi) is 4.29. The number of nitrogen functional groups attached to an aromatic ring is 1. The van der Waals surface area contributed by atoms with Crippen molar-refractivity contribution in [3.8, 4) is 0 Å². The maximum absolute atomic E-state index is 13.5. The van der Waals surface area contributed by atoms with Crippen LogP contribution in [0.15, 0.2) is 24.3 Å². The average molecular weight is 335 g/mol. The zero-order chi connectivity index (χ0) is 15.7. The molecule has 0 spiro atoms. The Morgan fingerprint density at radius 3 is 2.38 bits per heavy atom. The molecular formula is C13H7Cl2F3N2O. The predicted molar refractivity (Wildman–Crippen MR) is 75.1 cm³/mol. The summed E-state index contributed by atoms with van der Waals surface area (Å²) in [7, 11) is 0. The minimum Gasteiger partial charge on any atom is -0.397 e. The second kappa shape index (κ2) is 5.83. The lowest BCUT2D eigenvalue weighted by molar-refractivity contribution is 0.102. The molecule has 21 heavy (non-hydrogen) atoms. The summed E-state index contributed by atoms with van der Waals surface area (Å²) in [6.45, 7) is 0. The van der Waals surface area contributed by atoms with Crippen LogP contribution in [0.4, 0.5) is 24.5 Å². The van der Waals surface area contributed by atoms with Crippen LogP contribution in [-0.2, 0) is 0 Å². The summed E-state index contributed by atoms with van der Waals surface area (Å²) in [6, 6.07) is 3.42. The van der Waals surface area contributed by atoms with Gasteiger partial charge in [-0.15, -0.1) is 0 Å². The Hall–Kier alpha value is -1.92. The molecule has 0 aromatic heterocycles. The number of nitrogens with one attached hydrogen (secondary N) is 1. The number of halogens is 5. The normalized spacial score (nSPS) is 10.5. The molecule has 1 amide bonds. The van der Waals surface area contributed by atoms with E-state index in [0.29, 0.717) is 12.1 Å². The van der Waals surface area contributed by atoms with Crippen LogP contribution in [0.5, 0.6) is 0 Å². The minimum atomic E-state index is -1.42. The van der Waals surface area contributed by atoms with Gasteiger partial charge in [0.15, 0.2) is 11.6 Å². The number of hydrogen-bond donors (Lipinski definition) is 2. The third kappa shape index (κ3) is 3.22. The number of rotatable bonds is 2. The molecule has 0 saturated heterocycles. The summed E-state index contributed by atoms with van der Waals surface area (Å²) in [5.74, 6) is -4.67. The van der Waals surface area contributed by atoms with Crippen LogP contribution >= 0.6 is 23.2 Å². The number of carbonyl (C=O) groups is 1. The van der Waals surface area contributed by atoms with Crippen LogP contribution in [0.2, 0.25) is 10.0 Å². The molecule has 0 heterocycles. The predicted octanol–water partition coefficient (Wildman–Crippen LogP) is 4.25. The Labute approximate surface area is 127 Å².